The summed E-state index contributed by atoms with van der Waals surface area (Å²) in [5.74, 6) is 0. The number of nitrogens with one attached hydrogen (secondary N) is 2. The van der Waals surface area contributed by atoms with Gasteiger partial charge in [-0.3, -0.25) is 0 Å². The molecule has 1 aliphatic heterocycles. The molecule has 1 aliphatic rings. The van der Waals surface area contributed by atoms with Crippen LogP contribution in [0.25, 0.3) is 0 Å². The molecule has 1 saturated heterocycles. The predicted octanol–water partition coefficient (Wildman–Crippen LogP) is 0.386. The average molecular weight is 243 g/mol. The van der Waals surface area contributed by atoms with Crippen molar-refractivity contribution < 1.29 is 8.42 Å². The second-order valence-corrected chi connectivity index (χ2v) is 6.28. The van der Waals surface area contributed by atoms with Crippen molar-refractivity contribution in [2.45, 2.75) is 30.8 Å². The van der Waals surface area contributed by atoms with Crippen molar-refractivity contribution in [2.75, 3.05) is 13.1 Å². The Balaban J connectivity index is 2.24. The van der Waals surface area contributed by atoms with Crippen LogP contribution in [0, 0.1) is 0 Å². The molecule has 0 saturated carbocycles. The molecule has 0 radical (unpaired) electrons. The minimum atomic E-state index is -3.32. The Morgan fingerprint density at radius 1 is 1.31 bits per heavy atom. The van der Waals surface area contributed by atoms with Gasteiger partial charge in [0, 0.05) is 37.6 Å². The van der Waals surface area contributed by atoms with Gasteiger partial charge in [-0.1, -0.05) is 0 Å². The van der Waals surface area contributed by atoms with E-state index in [0.29, 0.717) is 18.0 Å². The number of H-pyrrole nitrogens is 1. The number of hydrogen-bond donors (Lipinski definition) is 2. The molecule has 2 rings (SSSR count). The van der Waals surface area contributed by atoms with Crippen molar-refractivity contribution in [1.82, 2.24) is 14.6 Å². The first-order valence-electron chi connectivity index (χ1n) is 5.39. The third-order valence-corrected chi connectivity index (χ3v) is 4.56. The van der Waals surface area contributed by atoms with Gasteiger partial charge in [0.1, 0.15) is 0 Å². The number of sulfonamides is 1. The first-order valence-corrected chi connectivity index (χ1v) is 6.83. The molecule has 5 nitrogen and oxygen atoms in total. The zero-order chi connectivity index (χ0) is 11.8. The van der Waals surface area contributed by atoms with Gasteiger partial charge in [0.05, 0.1) is 4.90 Å². The van der Waals surface area contributed by atoms with Crippen LogP contribution in [-0.2, 0) is 10.0 Å². The Kier molecular flexibility index (Phi) is 3.05. The van der Waals surface area contributed by atoms with Crippen LogP contribution in [0.1, 0.15) is 13.8 Å². The number of piperazine rings is 1. The molecular formula is C10H17N3O2S. The van der Waals surface area contributed by atoms with Gasteiger partial charge in [0.2, 0.25) is 10.0 Å². The van der Waals surface area contributed by atoms with Crippen LogP contribution >= 0.6 is 0 Å². The molecule has 16 heavy (non-hydrogen) atoms. The average Bonchev–Trinajstić information content (AvgIpc) is 2.69. The highest BCUT2D eigenvalue weighted by molar-refractivity contribution is 7.89. The summed E-state index contributed by atoms with van der Waals surface area (Å²) in [6.07, 6.45) is 3.15. The van der Waals surface area contributed by atoms with Crippen molar-refractivity contribution in [3.63, 3.8) is 0 Å². The fraction of sp³-hybridized carbons (Fsp3) is 0.600. The van der Waals surface area contributed by atoms with E-state index in [1.54, 1.807) is 16.6 Å². The van der Waals surface area contributed by atoms with Crippen molar-refractivity contribution in [3.8, 4) is 0 Å². The molecule has 0 aliphatic carbocycles. The summed E-state index contributed by atoms with van der Waals surface area (Å²) in [5.41, 5.74) is 0. The quantitative estimate of drug-likeness (QED) is 0.789. The summed E-state index contributed by atoms with van der Waals surface area (Å²) < 4.78 is 26.0. The maximum absolute atomic E-state index is 12.2. The molecule has 6 heteroatoms. The van der Waals surface area contributed by atoms with Gasteiger partial charge in [-0.15, -0.1) is 0 Å². The third kappa shape index (κ3) is 2.14. The summed E-state index contributed by atoms with van der Waals surface area (Å²) >= 11 is 0. The Morgan fingerprint density at radius 3 is 2.44 bits per heavy atom. The van der Waals surface area contributed by atoms with Gasteiger partial charge in [0.25, 0.3) is 0 Å². The highest BCUT2D eigenvalue weighted by atomic mass is 32.2. The van der Waals surface area contributed by atoms with Crippen LogP contribution in [0.15, 0.2) is 23.4 Å². The number of hydrogen-bond acceptors (Lipinski definition) is 3. The maximum atomic E-state index is 12.2. The van der Waals surface area contributed by atoms with E-state index in [0.717, 1.165) is 0 Å². The lowest BCUT2D eigenvalue weighted by atomic mass is 10.2. The molecule has 0 bridgehead atoms. The smallest absolute Gasteiger partial charge is 0.244 e. The largest absolute Gasteiger partial charge is 0.366 e. The van der Waals surface area contributed by atoms with Crippen LogP contribution in [-0.4, -0.2) is 42.9 Å². The van der Waals surface area contributed by atoms with E-state index in [1.807, 2.05) is 13.8 Å². The topological polar surface area (TPSA) is 65.2 Å². The first kappa shape index (κ1) is 11.6. The van der Waals surface area contributed by atoms with E-state index in [-0.39, 0.29) is 12.1 Å². The summed E-state index contributed by atoms with van der Waals surface area (Å²) in [6, 6.07) is 1.97. The van der Waals surface area contributed by atoms with Crippen LogP contribution < -0.4 is 5.32 Å². The fourth-order valence-corrected chi connectivity index (χ4v) is 3.69. The lowest BCUT2D eigenvalue weighted by Crippen LogP contribution is -2.55. The fourth-order valence-electron chi connectivity index (χ4n) is 2.09. The molecule has 90 valence electrons. The second kappa shape index (κ2) is 4.20. The van der Waals surface area contributed by atoms with Crippen LogP contribution in [0.3, 0.4) is 0 Å². The Morgan fingerprint density at radius 2 is 1.94 bits per heavy atom. The molecule has 2 heterocycles. The van der Waals surface area contributed by atoms with E-state index >= 15 is 0 Å². The Bertz CT molecular complexity index is 431. The monoisotopic (exact) mass is 243 g/mol. The predicted molar refractivity (Wildman–Crippen MR) is 61.6 cm³/mol. The van der Waals surface area contributed by atoms with E-state index in [9.17, 15) is 8.42 Å². The molecule has 2 atom stereocenters. The zero-order valence-electron chi connectivity index (χ0n) is 9.47. The Hall–Kier alpha value is -0.850. The third-order valence-electron chi connectivity index (χ3n) is 2.73. The van der Waals surface area contributed by atoms with Gasteiger partial charge in [0.15, 0.2) is 0 Å². The summed E-state index contributed by atoms with van der Waals surface area (Å²) in [4.78, 5) is 3.12. The summed E-state index contributed by atoms with van der Waals surface area (Å²) in [7, 11) is -3.32. The SMILES string of the molecule is CC1CN(S(=O)(=O)c2cc[nH]c2)CC(C)N1. The van der Waals surface area contributed by atoms with Crippen LogP contribution in [0.4, 0.5) is 0 Å². The molecule has 0 amide bonds. The highest BCUT2D eigenvalue weighted by Crippen LogP contribution is 2.17. The van der Waals surface area contributed by atoms with E-state index in [4.69, 9.17) is 0 Å². The molecule has 1 fully saturated rings. The standard InChI is InChI=1S/C10H17N3O2S/c1-8-6-13(7-9(2)12-8)16(14,15)10-3-4-11-5-10/h3-5,8-9,11-12H,6-7H2,1-2H3. The number of aromatic amines is 1. The molecular weight excluding hydrogens is 226 g/mol. The highest BCUT2D eigenvalue weighted by Gasteiger charge is 2.31. The molecule has 2 N–H and O–H groups in total. The number of rotatable bonds is 2. The van der Waals surface area contributed by atoms with Gasteiger partial charge in [-0.2, -0.15) is 4.31 Å². The van der Waals surface area contributed by atoms with Crippen molar-refractivity contribution in [1.29, 1.82) is 0 Å². The van der Waals surface area contributed by atoms with Crippen molar-refractivity contribution in [3.05, 3.63) is 18.5 Å². The normalized spacial score (nSPS) is 28.1. The minimum absolute atomic E-state index is 0.192. The lowest BCUT2D eigenvalue weighted by Gasteiger charge is -2.34. The minimum Gasteiger partial charge on any atom is -0.366 e. The molecule has 0 aromatic carbocycles. The van der Waals surface area contributed by atoms with Gasteiger partial charge < -0.3 is 10.3 Å². The van der Waals surface area contributed by atoms with E-state index < -0.39 is 10.0 Å². The van der Waals surface area contributed by atoms with Gasteiger partial charge in [-0.05, 0) is 19.9 Å². The first-order chi connectivity index (χ1) is 7.50. The Labute approximate surface area is 95.9 Å². The van der Waals surface area contributed by atoms with E-state index in [2.05, 4.69) is 10.3 Å². The molecule has 0 spiro atoms. The van der Waals surface area contributed by atoms with Crippen molar-refractivity contribution in [2.24, 2.45) is 0 Å². The molecule has 1 aromatic heterocycles. The molecule has 2 unspecified atom stereocenters. The van der Waals surface area contributed by atoms with Crippen molar-refractivity contribution >= 4 is 10.0 Å². The number of nitrogens with zero attached hydrogens (tertiary/aromatic N) is 1. The molecule has 1 aromatic rings. The lowest BCUT2D eigenvalue weighted by molar-refractivity contribution is 0.263. The summed E-state index contributed by atoms with van der Waals surface area (Å²) in [6.45, 7) is 5.04. The zero-order valence-corrected chi connectivity index (χ0v) is 10.3. The van der Waals surface area contributed by atoms with Crippen LogP contribution in [0.2, 0.25) is 0 Å². The number of aromatic nitrogens is 1. The maximum Gasteiger partial charge on any atom is 0.244 e. The van der Waals surface area contributed by atoms with Gasteiger partial charge >= 0.3 is 0 Å². The van der Waals surface area contributed by atoms with Gasteiger partial charge in [-0.25, -0.2) is 8.42 Å². The summed E-state index contributed by atoms with van der Waals surface area (Å²) in [5, 5.41) is 3.31. The van der Waals surface area contributed by atoms with Crippen LogP contribution in [0.5, 0.6) is 0 Å². The second-order valence-electron chi connectivity index (χ2n) is 4.34. The van der Waals surface area contributed by atoms with E-state index in [1.165, 1.54) is 6.20 Å².